The third-order valence-electron chi connectivity index (χ3n) is 4.24. The van der Waals surface area contributed by atoms with Crippen molar-refractivity contribution in [3.05, 3.63) is 58.7 Å². The monoisotopic (exact) mass is 357 g/mol. The minimum atomic E-state index is -4.24. The van der Waals surface area contributed by atoms with Crippen LogP contribution in [-0.4, -0.2) is 23.2 Å². The summed E-state index contributed by atoms with van der Waals surface area (Å²) in [6.45, 7) is 0. The largest absolute Gasteiger partial charge is 0.412 e. The summed E-state index contributed by atoms with van der Waals surface area (Å²) in [5, 5.41) is 0. The van der Waals surface area contributed by atoms with Crippen LogP contribution in [0.5, 0.6) is 0 Å². The van der Waals surface area contributed by atoms with Crippen molar-refractivity contribution in [1.29, 1.82) is 0 Å². The maximum absolute atomic E-state index is 13.2. The second kappa shape index (κ2) is 5.52. The normalized spacial score (nSPS) is 28.6. The van der Waals surface area contributed by atoms with E-state index in [4.69, 9.17) is 0 Å². The Bertz CT molecular complexity index is 562. The van der Waals surface area contributed by atoms with Gasteiger partial charge in [-0.05, 0) is 36.6 Å². The van der Waals surface area contributed by atoms with Crippen LogP contribution in [0.3, 0.4) is 0 Å². The molecule has 1 aliphatic heterocycles. The van der Waals surface area contributed by atoms with Crippen LogP contribution in [0.15, 0.2) is 53.2 Å². The zero-order chi connectivity index (χ0) is 15.0. The third-order valence-corrected chi connectivity index (χ3v) is 4.77. The molecule has 1 aromatic rings. The van der Waals surface area contributed by atoms with Crippen LogP contribution in [0.25, 0.3) is 0 Å². The van der Waals surface area contributed by atoms with Gasteiger partial charge in [0.05, 0.1) is 0 Å². The minimum Gasteiger partial charge on any atom is -0.359 e. The van der Waals surface area contributed by atoms with Gasteiger partial charge in [0.25, 0.3) is 0 Å². The molecule has 0 spiro atoms. The second-order valence-corrected chi connectivity index (χ2v) is 6.38. The van der Waals surface area contributed by atoms with Crippen LogP contribution in [0.4, 0.5) is 13.2 Å². The van der Waals surface area contributed by atoms with Gasteiger partial charge in [0.2, 0.25) is 0 Å². The average Bonchev–Trinajstić information content (AvgIpc) is 2.39. The molecule has 0 radical (unpaired) electrons. The van der Waals surface area contributed by atoms with E-state index in [-0.39, 0.29) is 12.0 Å². The van der Waals surface area contributed by atoms with Crippen molar-refractivity contribution in [3.63, 3.8) is 0 Å². The smallest absolute Gasteiger partial charge is 0.359 e. The van der Waals surface area contributed by atoms with Crippen LogP contribution >= 0.6 is 15.9 Å². The molecule has 1 aliphatic carbocycles. The second-order valence-electron chi connectivity index (χ2n) is 5.46. The molecule has 0 amide bonds. The summed E-state index contributed by atoms with van der Waals surface area (Å²) >= 11 is 3.38. The van der Waals surface area contributed by atoms with E-state index < -0.39 is 12.2 Å². The fourth-order valence-electron chi connectivity index (χ4n) is 3.04. The van der Waals surface area contributed by atoms with E-state index in [0.29, 0.717) is 0 Å². The Kier molecular flexibility index (Phi) is 3.86. The van der Waals surface area contributed by atoms with Gasteiger partial charge in [0, 0.05) is 22.6 Å². The van der Waals surface area contributed by atoms with Gasteiger partial charge >= 0.3 is 6.18 Å². The summed E-state index contributed by atoms with van der Waals surface area (Å²) in [4.78, 5) is 1.47. The van der Waals surface area contributed by atoms with Crippen LogP contribution in [0, 0.1) is 0 Å². The molecule has 0 bridgehead atoms. The average molecular weight is 358 g/mol. The molecular weight excluding hydrogens is 343 g/mol. The van der Waals surface area contributed by atoms with Gasteiger partial charge in [0.1, 0.15) is 6.04 Å². The van der Waals surface area contributed by atoms with Crippen molar-refractivity contribution in [3.8, 4) is 0 Å². The minimum absolute atomic E-state index is 0.0843. The van der Waals surface area contributed by atoms with Gasteiger partial charge in [-0.3, -0.25) is 0 Å². The molecule has 0 N–H and O–H groups in total. The van der Waals surface area contributed by atoms with E-state index in [1.165, 1.54) is 17.1 Å². The fourth-order valence-corrected chi connectivity index (χ4v) is 3.31. The SMILES string of the molecule is FC(F)(F)C1C=CC=CN1[C@H]1CC[C@H]1c1ccc(Br)cc1. The van der Waals surface area contributed by atoms with Crippen molar-refractivity contribution in [2.45, 2.75) is 37.0 Å². The zero-order valence-electron chi connectivity index (χ0n) is 11.2. The van der Waals surface area contributed by atoms with Crippen molar-refractivity contribution in [2.24, 2.45) is 0 Å². The van der Waals surface area contributed by atoms with E-state index in [2.05, 4.69) is 15.9 Å². The lowest BCUT2D eigenvalue weighted by molar-refractivity contribution is -0.173. The first-order valence-electron chi connectivity index (χ1n) is 6.91. The highest BCUT2D eigenvalue weighted by Crippen LogP contribution is 2.44. The molecular formula is C16H15BrF3N. The number of allylic oxidation sites excluding steroid dienone is 2. The maximum Gasteiger partial charge on any atom is 0.412 e. The summed E-state index contributed by atoms with van der Waals surface area (Å²) in [5.41, 5.74) is 1.11. The Labute approximate surface area is 130 Å². The van der Waals surface area contributed by atoms with Crippen LogP contribution in [0.2, 0.25) is 0 Å². The molecule has 1 fully saturated rings. The van der Waals surface area contributed by atoms with Crippen molar-refractivity contribution < 1.29 is 13.2 Å². The molecule has 3 rings (SSSR count). The molecule has 0 aromatic heterocycles. The summed E-state index contributed by atoms with van der Waals surface area (Å²) in [7, 11) is 0. The maximum atomic E-state index is 13.2. The molecule has 0 saturated heterocycles. The molecule has 1 unspecified atom stereocenters. The molecule has 1 nitrogen and oxygen atoms in total. The zero-order valence-corrected chi connectivity index (χ0v) is 12.8. The summed E-state index contributed by atoms with van der Waals surface area (Å²) < 4.78 is 40.5. The quantitative estimate of drug-likeness (QED) is 0.718. The lowest BCUT2D eigenvalue weighted by atomic mass is 9.73. The molecule has 5 heteroatoms. The highest BCUT2D eigenvalue weighted by molar-refractivity contribution is 9.10. The number of rotatable bonds is 2. The van der Waals surface area contributed by atoms with E-state index in [9.17, 15) is 13.2 Å². The van der Waals surface area contributed by atoms with Gasteiger partial charge in [-0.1, -0.05) is 40.2 Å². The highest BCUT2D eigenvalue weighted by Gasteiger charge is 2.47. The van der Waals surface area contributed by atoms with Gasteiger partial charge in [-0.25, -0.2) is 0 Å². The lowest BCUT2D eigenvalue weighted by Gasteiger charge is -2.48. The first kappa shape index (κ1) is 14.7. The van der Waals surface area contributed by atoms with Gasteiger partial charge in [-0.2, -0.15) is 13.2 Å². The third kappa shape index (κ3) is 2.89. The van der Waals surface area contributed by atoms with Crippen molar-refractivity contribution in [1.82, 2.24) is 4.90 Å². The molecule has 1 heterocycles. The molecule has 3 atom stereocenters. The predicted molar refractivity (Wildman–Crippen MR) is 79.9 cm³/mol. The summed E-state index contributed by atoms with van der Waals surface area (Å²) in [6.07, 6.45) is 3.46. The van der Waals surface area contributed by atoms with E-state index in [1.807, 2.05) is 24.3 Å². The van der Waals surface area contributed by atoms with Crippen LogP contribution in [-0.2, 0) is 0 Å². The highest BCUT2D eigenvalue weighted by atomic mass is 79.9. The Morgan fingerprint density at radius 3 is 2.33 bits per heavy atom. The van der Waals surface area contributed by atoms with Crippen molar-refractivity contribution in [2.75, 3.05) is 0 Å². The van der Waals surface area contributed by atoms with Crippen LogP contribution < -0.4 is 0 Å². The standard InChI is InChI=1S/C16H15BrF3N/c17-12-6-4-11(5-7-12)13-8-9-14(13)21-10-2-1-3-15(21)16(18,19)20/h1-7,10,13-15H,8-9H2/t13-,14-,15?/m0/s1. The Morgan fingerprint density at radius 2 is 1.76 bits per heavy atom. The Hall–Kier alpha value is -1.23. The lowest BCUT2D eigenvalue weighted by Crippen LogP contribution is -2.52. The van der Waals surface area contributed by atoms with Gasteiger partial charge in [-0.15, -0.1) is 0 Å². The van der Waals surface area contributed by atoms with Gasteiger partial charge in [0.15, 0.2) is 0 Å². The Morgan fingerprint density at radius 1 is 1.05 bits per heavy atom. The number of halogens is 4. The Balaban J connectivity index is 1.81. The number of benzene rings is 1. The molecule has 1 saturated carbocycles. The fraction of sp³-hybridized carbons (Fsp3) is 0.375. The number of hydrogen-bond donors (Lipinski definition) is 0. The van der Waals surface area contributed by atoms with E-state index >= 15 is 0 Å². The van der Waals surface area contributed by atoms with Gasteiger partial charge < -0.3 is 4.90 Å². The topological polar surface area (TPSA) is 3.24 Å². The first-order chi connectivity index (χ1) is 9.97. The molecule has 21 heavy (non-hydrogen) atoms. The molecule has 112 valence electrons. The van der Waals surface area contributed by atoms with E-state index in [1.54, 1.807) is 12.3 Å². The number of nitrogens with zero attached hydrogens (tertiary/aromatic N) is 1. The number of hydrogen-bond acceptors (Lipinski definition) is 1. The molecule has 2 aliphatic rings. The van der Waals surface area contributed by atoms with Crippen LogP contribution in [0.1, 0.15) is 24.3 Å². The summed E-state index contributed by atoms with van der Waals surface area (Å²) in [5.74, 6) is 0.166. The first-order valence-corrected chi connectivity index (χ1v) is 7.71. The predicted octanol–water partition coefficient (Wildman–Crippen LogP) is 5.01. The molecule has 1 aromatic carbocycles. The van der Waals surface area contributed by atoms with E-state index in [0.717, 1.165) is 22.9 Å². The number of alkyl halides is 3. The summed E-state index contributed by atoms with van der Waals surface area (Å²) in [6, 6.07) is 6.28. The van der Waals surface area contributed by atoms with Crippen molar-refractivity contribution >= 4 is 15.9 Å².